The Morgan fingerprint density at radius 3 is 1.20 bits per heavy atom. The van der Waals surface area contributed by atoms with Crippen molar-refractivity contribution in [3.63, 3.8) is 0 Å². The zero-order valence-electron chi connectivity index (χ0n) is 28.8. The summed E-state index contributed by atoms with van der Waals surface area (Å²) in [4.78, 5) is 24.7. The number of hydrogen-bond acceptors (Lipinski definition) is 7. The fourth-order valence-corrected chi connectivity index (χ4v) is 14.3. The van der Waals surface area contributed by atoms with E-state index in [2.05, 4.69) is 27.4 Å². The Hall–Kier alpha value is -1.50. The summed E-state index contributed by atoms with van der Waals surface area (Å²) in [5, 5.41) is 0. The molecule has 0 bridgehead atoms. The van der Waals surface area contributed by atoms with Crippen molar-refractivity contribution in [2.24, 2.45) is 0 Å². The van der Waals surface area contributed by atoms with Crippen LogP contribution in [0.25, 0.3) is 0 Å². The zero-order chi connectivity index (χ0) is 32.9. The third kappa shape index (κ3) is 14.7. The van der Waals surface area contributed by atoms with E-state index in [4.69, 9.17) is 13.4 Å². The fourth-order valence-electron chi connectivity index (χ4n) is 6.03. The molecule has 0 amide bonds. The first-order chi connectivity index (χ1) is 21.0. The van der Waals surface area contributed by atoms with Crippen LogP contribution in [0, 0.1) is 0 Å². The van der Waals surface area contributed by atoms with Crippen LogP contribution in [-0.4, -0.2) is 59.7 Å². The first-order valence-electron chi connectivity index (χ1n) is 17.3. The van der Waals surface area contributed by atoms with E-state index in [-0.39, 0.29) is 16.0 Å². The van der Waals surface area contributed by atoms with Gasteiger partial charge in [0.25, 0.3) is 0 Å². The van der Waals surface area contributed by atoms with Crippen LogP contribution in [0.2, 0.25) is 0 Å². The van der Waals surface area contributed by atoms with Crippen LogP contribution in [0.15, 0.2) is 23.1 Å². The summed E-state index contributed by atoms with van der Waals surface area (Å²) in [5.41, 5.74) is -0.0615. The average molecular weight is 659 g/mol. The van der Waals surface area contributed by atoms with E-state index in [0.29, 0.717) is 0 Å². The van der Waals surface area contributed by atoms with Crippen LogP contribution in [0.1, 0.15) is 157 Å². The second-order valence-electron chi connectivity index (χ2n) is 12.9. The summed E-state index contributed by atoms with van der Waals surface area (Å²) in [6.45, 7) is 5.52. The molecule has 0 saturated heterocycles. The van der Waals surface area contributed by atoms with Gasteiger partial charge in [0.2, 0.25) is 0 Å². The molecule has 0 fully saturated rings. The van der Waals surface area contributed by atoms with Crippen LogP contribution in [0.3, 0.4) is 0 Å². The molecule has 0 aliphatic heterocycles. The molecule has 0 N–H and O–H groups in total. The molecule has 44 heavy (non-hydrogen) atoms. The van der Waals surface area contributed by atoms with Gasteiger partial charge in [-0.25, -0.2) is 0 Å². The van der Waals surface area contributed by atoms with E-state index in [1.54, 1.807) is 0 Å². The first kappa shape index (κ1) is 40.5. The van der Waals surface area contributed by atoms with Gasteiger partial charge in [0.1, 0.15) is 0 Å². The van der Waals surface area contributed by atoms with Crippen molar-refractivity contribution in [1.29, 1.82) is 0 Å². The molecule has 0 heterocycles. The molecule has 0 radical (unpaired) electrons. The van der Waals surface area contributed by atoms with Crippen LogP contribution in [0.5, 0.6) is 0 Å². The fraction of sp³-hybridized carbons (Fsp3) is 0.771. The standard InChI is InChI=1S/C35H63O7PS/c1-7-10-13-16-19-22-25-43(6,26-23-20-17-14-11-8-2,27-24-21-18-15-12-9-3)42-44(38,39)33-29-31(34(36)40-4)28-32(30-33)35(37)41-5/h28-30H,7-27H2,1-6H3. The molecule has 0 unspecified atom stereocenters. The minimum atomic E-state index is -4.32. The quantitative estimate of drug-likeness (QED) is 0.0555. The normalized spacial score (nSPS) is 12.9. The number of esters is 2. The van der Waals surface area contributed by atoms with E-state index in [9.17, 15) is 18.0 Å². The number of methoxy groups -OCH3 is 2. The number of unbranched alkanes of at least 4 members (excludes halogenated alkanes) is 15. The van der Waals surface area contributed by atoms with Crippen molar-refractivity contribution in [3.05, 3.63) is 29.3 Å². The van der Waals surface area contributed by atoms with Crippen molar-refractivity contribution in [3.8, 4) is 0 Å². The van der Waals surface area contributed by atoms with Crippen molar-refractivity contribution in [2.75, 3.05) is 39.4 Å². The third-order valence-electron chi connectivity index (χ3n) is 8.80. The maximum atomic E-state index is 14.2. The van der Waals surface area contributed by atoms with Crippen LogP contribution >= 0.6 is 6.83 Å². The third-order valence-corrected chi connectivity index (χ3v) is 17.0. The summed E-state index contributed by atoms with van der Waals surface area (Å²) in [6, 6.07) is 3.81. The van der Waals surface area contributed by atoms with Crippen molar-refractivity contribution in [1.82, 2.24) is 0 Å². The maximum absolute atomic E-state index is 14.2. The number of carbonyl (C=O) groups excluding carboxylic acids is 2. The molecular formula is C35H63O7PS. The Morgan fingerprint density at radius 2 is 0.886 bits per heavy atom. The molecule has 256 valence electrons. The SMILES string of the molecule is CCCCCCCCP(C)(CCCCCCCC)(CCCCCCCC)OS(=O)(=O)c1cc(C(=O)OC)cc(C(=O)OC)c1. The Bertz CT molecular complexity index is 1010. The Balaban J connectivity index is 3.48. The summed E-state index contributed by atoms with van der Waals surface area (Å²) >= 11 is 0. The van der Waals surface area contributed by atoms with Gasteiger partial charge in [0.05, 0.1) is 0 Å². The molecule has 9 heteroatoms. The number of carbonyl (C=O) groups is 2. The van der Waals surface area contributed by atoms with Crippen molar-refractivity contribution in [2.45, 2.75) is 141 Å². The summed E-state index contributed by atoms with van der Waals surface area (Å²) in [7, 11) is -1.88. The first-order valence-corrected chi connectivity index (χ1v) is 21.8. The predicted molar refractivity (Wildman–Crippen MR) is 185 cm³/mol. The summed E-state index contributed by atoms with van der Waals surface area (Å²) in [6.07, 6.45) is 22.5. The van der Waals surface area contributed by atoms with E-state index in [1.165, 1.54) is 90.2 Å². The Kier molecular flexibility index (Phi) is 19.6. The molecule has 0 atom stereocenters. The topological polar surface area (TPSA) is 96.0 Å². The number of hydrogen-bond donors (Lipinski definition) is 0. The van der Waals surface area contributed by atoms with Crippen molar-refractivity contribution >= 4 is 28.9 Å². The monoisotopic (exact) mass is 658 g/mol. The van der Waals surface area contributed by atoms with E-state index >= 15 is 0 Å². The number of ether oxygens (including phenoxy) is 2. The predicted octanol–water partition coefficient (Wildman–Crippen LogP) is 10.1. The van der Waals surface area contributed by atoms with Crippen LogP contribution in [0.4, 0.5) is 0 Å². The average Bonchev–Trinajstić information content (AvgIpc) is 3.01. The van der Waals surface area contributed by atoms with Gasteiger partial charge in [0, 0.05) is 0 Å². The molecule has 0 aliphatic carbocycles. The van der Waals surface area contributed by atoms with Gasteiger partial charge in [-0.15, -0.1) is 0 Å². The van der Waals surface area contributed by atoms with Crippen molar-refractivity contribution < 1.29 is 31.5 Å². The Labute approximate surface area is 269 Å². The molecule has 0 aliphatic rings. The van der Waals surface area contributed by atoms with Gasteiger partial charge in [-0.05, 0) is 0 Å². The summed E-state index contributed by atoms with van der Waals surface area (Å²) in [5.74, 6) is -1.46. The molecule has 1 aromatic carbocycles. The van der Waals surface area contributed by atoms with Crippen LogP contribution in [-0.2, 0) is 23.6 Å². The second kappa shape index (κ2) is 21.3. The molecule has 0 saturated carbocycles. The molecule has 0 spiro atoms. The van der Waals surface area contributed by atoms with Crippen LogP contribution < -0.4 is 0 Å². The molecule has 1 aromatic rings. The molecule has 0 aromatic heterocycles. The minimum absolute atomic E-state index is 0.0308. The van der Waals surface area contributed by atoms with E-state index in [1.807, 2.05) is 0 Å². The zero-order valence-corrected chi connectivity index (χ0v) is 30.5. The van der Waals surface area contributed by atoms with Gasteiger partial charge in [-0.1, -0.05) is 0 Å². The molecule has 1 rings (SSSR count). The molecular weight excluding hydrogens is 595 g/mol. The van der Waals surface area contributed by atoms with E-state index < -0.39 is 28.9 Å². The van der Waals surface area contributed by atoms with Gasteiger partial charge < -0.3 is 0 Å². The number of rotatable bonds is 26. The second-order valence-corrected chi connectivity index (χ2v) is 20.6. The van der Waals surface area contributed by atoms with Gasteiger partial charge in [0.15, 0.2) is 0 Å². The molecule has 7 nitrogen and oxygen atoms in total. The number of benzene rings is 1. The summed E-state index contributed by atoms with van der Waals surface area (Å²) < 4.78 is 44.7. The van der Waals surface area contributed by atoms with Gasteiger partial charge in [-0.3, -0.25) is 0 Å². The van der Waals surface area contributed by atoms with Gasteiger partial charge in [-0.2, -0.15) is 0 Å². The van der Waals surface area contributed by atoms with E-state index in [0.717, 1.165) is 76.3 Å². The Morgan fingerprint density at radius 1 is 0.568 bits per heavy atom. The van der Waals surface area contributed by atoms with Gasteiger partial charge >= 0.3 is 270 Å².